The summed E-state index contributed by atoms with van der Waals surface area (Å²) in [5.74, 6) is -0.449. The molecule has 2 amide bonds. The molecule has 3 aromatic rings. The van der Waals surface area contributed by atoms with E-state index in [4.69, 9.17) is 5.11 Å². The van der Waals surface area contributed by atoms with Crippen molar-refractivity contribution in [3.63, 3.8) is 0 Å². The topological polar surface area (TPSA) is 98.7 Å². The SMILES string of the molecule is O=C(O)Nc1cc(CCCC(=O)Nc2ccc(CO)c(C(F)(F)F)c2)ccc1-c1ccccc1. The van der Waals surface area contributed by atoms with E-state index >= 15 is 0 Å². The summed E-state index contributed by atoms with van der Waals surface area (Å²) < 4.78 is 39.4. The highest BCUT2D eigenvalue weighted by atomic mass is 19.4. The predicted octanol–water partition coefficient (Wildman–Crippen LogP) is 5.92. The summed E-state index contributed by atoms with van der Waals surface area (Å²) in [5, 5.41) is 23.1. The van der Waals surface area contributed by atoms with Gasteiger partial charge in [-0.05, 0) is 47.7 Å². The number of amides is 2. The van der Waals surface area contributed by atoms with E-state index < -0.39 is 30.3 Å². The summed E-state index contributed by atoms with van der Waals surface area (Å²) in [6.45, 7) is -0.759. The summed E-state index contributed by atoms with van der Waals surface area (Å²) in [7, 11) is 0. The van der Waals surface area contributed by atoms with Crippen LogP contribution in [0.1, 0.15) is 29.5 Å². The molecule has 0 saturated heterocycles. The number of rotatable bonds is 8. The van der Waals surface area contributed by atoms with Gasteiger partial charge in [0.2, 0.25) is 5.91 Å². The molecule has 34 heavy (non-hydrogen) atoms. The minimum atomic E-state index is -4.65. The third-order valence-electron chi connectivity index (χ3n) is 5.15. The van der Waals surface area contributed by atoms with Gasteiger partial charge >= 0.3 is 12.3 Å². The molecular weight excluding hydrogens is 449 g/mol. The number of carbonyl (C=O) groups is 2. The number of hydrogen-bond donors (Lipinski definition) is 4. The van der Waals surface area contributed by atoms with Crippen molar-refractivity contribution in [1.29, 1.82) is 0 Å². The number of carbonyl (C=O) groups excluding carboxylic acids is 1. The maximum atomic E-state index is 13.1. The van der Waals surface area contributed by atoms with Gasteiger partial charge in [0.05, 0.1) is 17.9 Å². The summed E-state index contributed by atoms with van der Waals surface area (Å²) in [6, 6.07) is 17.9. The molecule has 3 aromatic carbocycles. The molecule has 0 heterocycles. The second-order valence-electron chi connectivity index (χ2n) is 7.61. The molecule has 0 spiro atoms. The van der Waals surface area contributed by atoms with E-state index in [0.717, 1.165) is 28.8 Å². The van der Waals surface area contributed by atoms with Crippen molar-refractivity contribution in [3.8, 4) is 11.1 Å². The van der Waals surface area contributed by atoms with Crippen LogP contribution >= 0.6 is 0 Å². The first kappa shape index (κ1) is 24.8. The van der Waals surface area contributed by atoms with Crippen LogP contribution in [0.25, 0.3) is 11.1 Å². The van der Waals surface area contributed by atoms with E-state index in [1.807, 2.05) is 36.4 Å². The van der Waals surface area contributed by atoms with Crippen LogP contribution < -0.4 is 10.6 Å². The van der Waals surface area contributed by atoms with Crippen LogP contribution in [-0.4, -0.2) is 22.2 Å². The van der Waals surface area contributed by atoms with Crippen molar-refractivity contribution >= 4 is 23.4 Å². The lowest BCUT2D eigenvalue weighted by molar-refractivity contribution is -0.138. The number of halogens is 3. The normalized spacial score (nSPS) is 11.2. The summed E-state index contributed by atoms with van der Waals surface area (Å²) in [5.41, 5.74) is 1.53. The van der Waals surface area contributed by atoms with Gasteiger partial charge in [0, 0.05) is 17.7 Å². The first-order valence-electron chi connectivity index (χ1n) is 10.5. The van der Waals surface area contributed by atoms with Crippen molar-refractivity contribution in [3.05, 3.63) is 83.4 Å². The molecule has 9 heteroatoms. The molecule has 6 nitrogen and oxygen atoms in total. The van der Waals surface area contributed by atoms with Crippen LogP contribution in [0.3, 0.4) is 0 Å². The average molecular weight is 472 g/mol. The maximum absolute atomic E-state index is 13.1. The Morgan fingerprint density at radius 1 is 0.912 bits per heavy atom. The molecule has 0 bridgehead atoms. The first-order chi connectivity index (χ1) is 16.2. The molecule has 0 aliphatic carbocycles. The van der Waals surface area contributed by atoms with Crippen LogP contribution in [-0.2, 0) is 24.0 Å². The van der Waals surface area contributed by atoms with Crippen LogP contribution in [0.4, 0.5) is 29.3 Å². The Balaban J connectivity index is 1.64. The van der Waals surface area contributed by atoms with Gasteiger partial charge in [-0.2, -0.15) is 13.2 Å². The van der Waals surface area contributed by atoms with E-state index in [9.17, 15) is 27.9 Å². The number of aryl methyl sites for hydroxylation is 1. The van der Waals surface area contributed by atoms with Gasteiger partial charge in [-0.1, -0.05) is 48.5 Å². The van der Waals surface area contributed by atoms with Crippen molar-refractivity contribution < 1.29 is 33.0 Å². The molecule has 4 N–H and O–H groups in total. The molecule has 0 aliphatic rings. The average Bonchev–Trinajstić information content (AvgIpc) is 2.79. The van der Waals surface area contributed by atoms with Crippen molar-refractivity contribution in [2.45, 2.75) is 32.0 Å². The number of carboxylic acid groups (broad SMARTS) is 1. The Bertz CT molecular complexity index is 1160. The molecule has 178 valence electrons. The third kappa shape index (κ3) is 6.58. The third-order valence-corrected chi connectivity index (χ3v) is 5.15. The number of anilines is 2. The standard InChI is InChI=1S/C25H23F3N2O4/c26-25(27,28)21-14-19(11-10-18(21)15-31)29-23(32)8-4-5-16-9-12-20(17-6-2-1-3-7-17)22(13-16)30-24(33)34/h1-3,6-7,9-14,30-31H,4-5,8,15H2,(H,29,32)(H,33,34). The largest absolute Gasteiger partial charge is 0.465 e. The lowest BCUT2D eigenvalue weighted by atomic mass is 9.99. The van der Waals surface area contributed by atoms with Crippen LogP contribution in [0.15, 0.2) is 66.7 Å². The monoisotopic (exact) mass is 472 g/mol. The van der Waals surface area contributed by atoms with Crippen LogP contribution in [0.5, 0.6) is 0 Å². The zero-order valence-electron chi connectivity index (χ0n) is 18.0. The van der Waals surface area contributed by atoms with Gasteiger partial charge in [-0.15, -0.1) is 0 Å². The molecule has 0 atom stereocenters. The Morgan fingerprint density at radius 3 is 2.29 bits per heavy atom. The Kier molecular flexibility index (Phi) is 7.91. The Labute approximate surface area is 194 Å². The lowest BCUT2D eigenvalue weighted by Gasteiger charge is -2.14. The number of hydrogen-bond acceptors (Lipinski definition) is 3. The quantitative estimate of drug-likeness (QED) is 0.327. The number of alkyl halides is 3. The summed E-state index contributed by atoms with van der Waals surface area (Å²) in [6.07, 6.45) is -4.91. The van der Waals surface area contributed by atoms with E-state index in [0.29, 0.717) is 18.5 Å². The van der Waals surface area contributed by atoms with Crippen molar-refractivity contribution in [2.24, 2.45) is 0 Å². The van der Waals surface area contributed by atoms with Gasteiger partial charge in [0.1, 0.15) is 0 Å². The molecule has 3 rings (SSSR count). The predicted molar refractivity (Wildman–Crippen MR) is 122 cm³/mol. The van der Waals surface area contributed by atoms with Gasteiger partial charge < -0.3 is 15.5 Å². The fourth-order valence-corrected chi connectivity index (χ4v) is 3.57. The molecule has 0 aromatic heterocycles. The fourth-order valence-electron chi connectivity index (χ4n) is 3.57. The van der Waals surface area contributed by atoms with Crippen molar-refractivity contribution in [1.82, 2.24) is 0 Å². The number of benzene rings is 3. The number of nitrogens with one attached hydrogen (secondary N) is 2. The summed E-state index contributed by atoms with van der Waals surface area (Å²) >= 11 is 0. The smallest absolute Gasteiger partial charge is 0.416 e. The van der Waals surface area contributed by atoms with E-state index in [-0.39, 0.29) is 17.7 Å². The number of aliphatic hydroxyl groups excluding tert-OH is 1. The highest BCUT2D eigenvalue weighted by molar-refractivity contribution is 5.91. The summed E-state index contributed by atoms with van der Waals surface area (Å²) in [4.78, 5) is 23.5. The molecular formula is C25H23F3N2O4. The molecule has 0 radical (unpaired) electrons. The van der Waals surface area contributed by atoms with E-state index in [1.54, 1.807) is 12.1 Å². The van der Waals surface area contributed by atoms with Gasteiger partial charge in [0.15, 0.2) is 0 Å². The Morgan fingerprint density at radius 2 is 1.65 bits per heavy atom. The van der Waals surface area contributed by atoms with Crippen molar-refractivity contribution in [2.75, 3.05) is 10.6 Å². The lowest BCUT2D eigenvalue weighted by Crippen LogP contribution is -2.14. The van der Waals surface area contributed by atoms with Crippen LogP contribution in [0, 0.1) is 0 Å². The zero-order chi connectivity index (χ0) is 24.7. The van der Waals surface area contributed by atoms with Gasteiger partial charge in [0.25, 0.3) is 0 Å². The highest BCUT2D eigenvalue weighted by Crippen LogP contribution is 2.34. The van der Waals surface area contributed by atoms with Gasteiger partial charge in [-0.25, -0.2) is 4.79 Å². The highest BCUT2D eigenvalue weighted by Gasteiger charge is 2.33. The molecule has 0 saturated carbocycles. The molecule has 0 unspecified atom stereocenters. The van der Waals surface area contributed by atoms with Crippen LogP contribution in [0.2, 0.25) is 0 Å². The molecule has 0 fully saturated rings. The molecule has 0 aliphatic heterocycles. The van der Waals surface area contributed by atoms with E-state index in [1.165, 1.54) is 6.07 Å². The fraction of sp³-hybridized carbons (Fsp3) is 0.200. The first-order valence-corrected chi connectivity index (χ1v) is 10.5. The van der Waals surface area contributed by atoms with Gasteiger partial charge in [-0.3, -0.25) is 10.1 Å². The zero-order valence-corrected chi connectivity index (χ0v) is 18.0. The second kappa shape index (κ2) is 10.8. The number of aliphatic hydroxyl groups is 1. The van der Waals surface area contributed by atoms with E-state index in [2.05, 4.69) is 10.6 Å². The minimum absolute atomic E-state index is 0.00492. The second-order valence-corrected chi connectivity index (χ2v) is 7.61. The Hall–Kier alpha value is -3.85. The minimum Gasteiger partial charge on any atom is -0.465 e. The maximum Gasteiger partial charge on any atom is 0.416 e.